The second-order valence-electron chi connectivity index (χ2n) is 4.48. The van der Waals surface area contributed by atoms with Crippen LogP contribution in [0, 0.1) is 5.92 Å². The predicted octanol–water partition coefficient (Wildman–Crippen LogP) is 1.28. The van der Waals surface area contributed by atoms with Crippen LogP contribution < -0.4 is 11.1 Å². The maximum Gasteiger partial charge on any atom is 0.188 e. The van der Waals surface area contributed by atoms with Crippen LogP contribution in [0.2, 0.25) is 5.02 Å². The van der Waals surface area contributed by atoms with E-state index in [0.29, 0.717) is 17.5 Å². The lowest BCUT2D eigenvalue weighted by molar-refractivity contribution is 0.315. The molecule has 1 saturated carbocycles. The first kappa shape index (κ1) is 12.2. The first-order valence-corrected chi connectivity index (χ1v) is 6.25. The molecule has 0 radical (unpaired) electrons. The van der Waals surface area contributed by atoms with Crippen LogP contribution >= 0.6 is 11.6 Å². The summed E-state index contributed by atoms with van der Waals surface area (Å²) in [5.41, 5.74) is 6.52. The first-order chi connectivity index (χ1) is 8.15. The molecule has 2 rings (SSSR count). The predicted molar refractivity (Wildman–Crippen MR) is 68.9 cm³/mol. The Morgan fingerprint density at radius 1 is 1.71 bits per heavy atom. The van der Waals surface area contributed by atoms with Crippen LogP contribution in [-0.2, 0) is 13.6 Å². The molecule has 94 valence electrons. The molecule has 17 heavy (non-hydrogen) atoms. The Bertz CT molecular complexity index is 408. The van der Waals surface area contributed by atoms with Crippen LogP contribution in [0.3, 0.4) is 0 Å². The van der Waals surface area contributed by atoms with E-state index in [2.05, 4.69) is 15.4 Å². The molecule has 1 heterocycles. The third-order valence-corrected chi connectivity index (χ3v) is 3.37. The molecule has 0 amide bonds. The average Bonchev–Trinajstić information content (AvgIpc) is 2.52. The van der Waals surface area contributed by atoms with Gasteiger partial charge in [0, 0.05) is 19.8 Å². The van der Waals surface area contributed by atoms with Crippen molar-refractivity contribution in [1.82, 2.24) is 15.1 Å². The van der Waals surface area contributed by atoms with Crippen molar-refractivity contribution >= 4 is 17.6 Å². The largest absolute Gasteiger partial charge is 0.370 e. The van der Waals surface area contributed by atoms with Gasteiger partial charge in [-0.2, -0.15) is 5.10 Å². The van der Waals surface area contributed by atoms with Gasteiger partial charge in [-0.3, -0.25) is 4.68 Å². The molecule has 0 saturated heterocycles. The molecule has 0 atom stereocenters. The van der Waals surface area contributed by atoms with Gasteiger partial charge >= 0.3 is 0 Å². The summed E-state index contributed by atoms with van der Waals surface area (Å²) in [5.74, 6) is 1.24. The molecule has 1 aliphatic carbocycles. The van der Waals surface area contributed by atoms with Crippen molar-refractivity contribution in [1.29, 1.82) is 0 Å². The number of guanidine groups is 1. The number of nitrogens with zero attached hydrogens (tertiary/aromatic N) is 3. The van der Waals surface area contributed by atoms with Gasteiger partial charge in [-0.05, 0) is 18.8 Å². The maximum atomic E-state index is 5.97. The molecule has 3 N–H and O–H groups in total. The van der Waals surface area contributed by atoms with Gasteiger partial charge in [-0.1, -0.05) is 18.0 Å². The second-order valence-corrected chi connectivity index (χ2v) is 4.88. The normalized spacial score (nSPS) is 16.9. The fourth-order valence-corrected chi connectivity index (χ4v) is 2.01. The highest BCUT2D eigenvalue weighted by molar-refractivity contribution is 6.31. The molecular weight excluding hydrogens is 238 g/mol. The summed E-state index contributed by atoms with van der Waals surface area (Å²) in [7, 11) is 1.83. The highest BCUT2D eigenvalue weighted by atomic mass is 35.5. The van der Waals surface area contributed by atoms with Gasteiger partial charge in [0.25, 0.3) is 0 Å². The van der Waals surface area contributed by atoms with Crippen LogP contribution in [0.5, 0.6) is 0 Å². The number of aromatic nitrogens is 2. The maximum absolute atomic E-state index is 5.97. The molecule has 1 fully saturated rings. The van der Waals surface area contributed by atoms with Gasteiger partial charge in [0.15, 0.2) is 5.96 Å². The Balaban J connectivity index is 1.80. The number of halogens is 1. The lowest BCUT2D eigenvalue weighted by Crippen LogP contribution is -2.37. The van der Waals surface area contributed by atoms with Crippen molar-refractivity contribution in [3.8, 4) is 0 Å². The summed E-state index contributed by atoms with van der Waals surface area (Å²) in [6.07, 6.45) is 5.69. The molecule has 1 aliphatic rings. The van der Waals surface area contributed by atoms with Crippen molar-refractivity contribution in [3.05, 3.63) is 16.9 Å². The molecule has 0 bridgehead atoms. The molecule has 6 heteroatoms. The van der Waals surface area contributed by atoms with Crippen molar-refractivity contribution in [2.75, 3.05) is 6.54 Å². The molecule has 1 aromatic rings. The minimum atomic E-state index is 0.420. The van der Waals surface area contributed by atoms with E-state index in [1.54, 1.807) is 10.9 Å². The van der Waals surface area contributed by atoms with E-state index in [1.807, 2.05) is 7.05 Å². The molecule has 0 aromatic carbocycles. The minimum Gasteiger partial charge on any atom is -0.370 e. The van der Waals surface area contributed by atoms with Crippen LogP contribution in [0.4, 0.5) is 0 Å². The minimum absolute atomic E-state index is 0.420. The standard InChI is InChI=1S/C11H18ClN5/c1-17-7-9(12)10(16-17)6-15-11(13)14-5-8-3-2-4-8/h7-8H,2-6H2,1H3,(H3,13,14,15). The monoisotopic (exact) mass is 255 g/mol. The van der Waals surface area contributed by atoms with Crippen LogP contribution in [0.15, 0.2) is 11.2 Å². The van der Waals surface area contributed by atoms with Crippen molar-refractivity contribution in [3.63, 3.8) is 0 Å². The molecule has 0 spiro atoms. The molecule has 1 aromatic heterocycles. The number of nitrogens with one attached hydrogen (secondary N) is 1. The molecule has 0 aliphatic heterocycles. The van der Waals surface area contributed by atoms with Crippen molar-refractivity contribution < 1.29 is 0 Å². The van der Waals surface area contributed by atoms with E-state index in [-0.39, 0.29) is 0 Å². The number of nitrogens with two attached hydrogens (primary N) is 1. The Labute approximate surface area is 106 Å². The van der Waals surface area contributed by atoms with Crippen LogP contribution in [0.1, 0.15) is 25.0 Å². The van der Waals surface area contributed by atoms with Crippen LogP contribution in [0.25, 0.3) is 0 Å². The summed E-state index contributed by atoms with van der Waals surface area (Å²) in [5, 5.41) is 7.96. The number of aliphatic imine (C=N–C) groups is 1. The van der Waals surface area contributed by atoms with E-state index in [9.17, 15) is 0 Å². The third kappa shape index (κ3) is 3.36. The molecule has 5 nitrogen and oxygen atoms in total. The highest BCUT2D eigenvalue weighted by Crippen LogP contribution is 2.24. The van der Waals surface area contributed by atoms with Crippen LogP contribution in [-0.4, -0.2) is 22.3 Å². The number of hydrogen-bond donors (Lipinski definition) is 2. The zero-order valence-electron chi connectivity index (χ0n) is 9.99. The number of aryl methyl sites for hydroxylation is 1. The summed E-state index contributed by atoms with van der Waals surface area (Å²) in [6.45, 7) is 1.34. The van der Waals surface area contributed by atoms with Gasteiger partial charge in [0.2, 0.25) is 0 Å². The van der Waals surface area contributed by atoms with Crippen molar-refractivity contribution in [2.45, 2.75) is 25.8 Å². The van der Waals surface area contributed by atoms with Gasteiger partial charge in [-0.15, -0.1) is 0 Å². The van der Waals surface area contributed by atoms with Gasteiger partial charge in [-0.25, -0.2) is 4.99 Å². The molecular formula is C11H18ClN5. The Morgan fingerprint density at radius 2 is 2.47 bits per heavy atom. The SMILES string of the molecule is Cn1cc(Cl)c(CN=C(N)NCC2CCC2)n1. The van der Waals surface area contributed by atoms with E-state index in [1.165, 1.54) is 19.3 Å². The fraction of sp³-hybridized carbons (Fsp3) is 0.636. The fourth-order valence-electron chi connectivity index (χ4n) is 1.77. The summed E-state index contributed by atoms with van der Waals surface area (Å²) in [4.78, 5) is 4.22. The Morgan fingerprint density at radius 3 is 3.00 bits per heavy atom. The topological polar surface area (TPSA) is 68.2 Å². The van der Waals surface area contributed by atoms with Gasteiger partial charge < -0.3 is 11.1 Å². The molecule has 0 unspecified atom stereocenters. The quantitative estimate of drug-likeness (QED) is 0.629. The van der Waals surface area contributed by atoms with E-state index in [4.69, 9.17) is 17.3 Å². The zero-order valence-corrected chi connectivity index (χ0v) is 10.7. The van der Waals surface area contributed by atoms with E-state index < -0.39 is 0 Å². The highest BCUT2D eigenvalue weighted by Gasteiger charge is 2.16. The number of rotatable bonds is 4. The Kier molecular flexibility index (Phi) is 3.89. The summed E-state index contributed by atoms with van der Waals surface area (Å²) in [6, 6.07) is 0. The average molecular weight is 256 g/mol. The first-order valence-electron chi connectivity index (χ1n) is 5.87. The Hall–Kier alpha value is -1.23. The lowest BCUT2D eigenvalue weighted by Gasteiger charge is -2.25. The smallest absolute Gasteiger partial charge is 0.188 e. The third-order valence-electron chi connectivity index (χ3n) is 3.05. The zero-order chi connectivity index (χ0) is 12.3. The summed E-state index contributed by atoms with van der Waals surface area (Å²) >= 11 is 5.97. The lowest BCUT2D eigenvalue weighted by atomic mass is 9.85. The van der Waals surface area contributed by atoms with Crippen molar-refractivity contribution in [2.24, 2.45) is 23.7 Å². The number of hydrogen-bond acceptors (Lipinski definition) is 2. The van der Waals surface area contributed by atoms with E-state index >= 15 is 0 Å². The van der Waals surface area contributed by atoms with Gasteiger partial charge in [0.1, 0.15) is 5.69 Å². The van der Waals surface area contributed by atoms with E-state index in [0.717, 1.165) is 18.2 Å². The second kappa shape index (κ2) is 5.40. The summed E-state index contributed by atoms with van der Waals surface area (Å²) < 4.78 is 1.67. The van der Waals surface area contributed by atoms with Gasteiger partial charge in [0.05, 0.1) is 11.6 Å².